The van der Waals surface area contributed by atoms with E-state index in [9.17, 15) is 14.7 Å². The van der Waals surface area contributed by atoms with E-state index in [-0.39, 0.29) is 11.3 Å². The fourth-order valence-corrected chi connectivity index (χ4v) is 4.01. The SMILES string of the molecule is CCCCN1C(=O)C(=O)/C(=C(\O)c2ccccc2OC)C1c1cccs1. The minimum absolute atomic E-state index is 0.123. The second-order valence-electron chi connectivity index (χ2n) is 6.06. The van der Waals surface area contributed by atoms with E-state index in [1.165, 1.54) is 18.4 Å². The summed E-state index contributed by atoms with van der Waals surface area (Å²) in [6.07, 6.45) is 1.70. The third-order valence-electron chi connectivity index (χ3n) is 4.47. The fourth-order valence-electron chi connectivity index (χ4n) is 3.17. The van der Waals surface area contributed by atoms with Crippen molar-refractivity contribution >= 4 is 28.8 Å². The zero-order valence-corrected chi connectivity index (χ0v) is 15.6. The molecule has 1 aliphatic heterocycles. The van der Waals surface area contributed by atoms with Crippen molar-refractivity contribution in [2.75, 3.05) is 13.7 Å². The van der Waals surface area contributed by atoms with Gasteiger partial charge in [-0.3, -0.25) is 9.59 Å². The highest BCUT2D eigenvalue weighted by atomic mass is 32.1. The van der Waals surface area contributed by atoms with Crippen LogP contribution >= 0.6 is 11.3 Å². The first-order valence-electron chi connectivity index (χ1n) is 8.55. The van der Waals surface area contributed by atoms with Crippen molar-refractivity contribution < 1.29 is 19.4 Å². The number of methoxy groups -OCH3 is 1. The first-order chi connectivity index (χ1) is 12.6. The van der Waals surface area contributed by atoms with Crippen LogP contribution in [-0.2, 0) is 9.59 Å². The van der Waals surface area contributed by atoms with Crippen LogP contribution in [0.1, 0.15) is 36.2 Å². The van der Waals surface area contributed by atoms with Gasteiger partial charge in [0.05, 0.1) is 24.3 Å². The highest BCUT2D eigenvalue weighted by molar-refractivity contribution is 7.10. The van der Waals surface area contributed by atoms with Crippen LogP contribution in [0.15, 0.2) is 47.4 Å². The summed E-state index contributed by atoms with van der Waals surface area (Å²) >= 11 is 1.47. The molecule has 1 saturated heterocycles. The minimum atomic E-state index is -0.650. The standard InChI is InChI=1S/C20H21NO4S/c1-3-4-11-21-17(15-10-7-12-26-15)16(19(23)20(21)24)18(22)13-8-5-6-9-14(13)25-2/h5-10,12,17,22H,3-4,11H2,1-2H3/b18-16-. The maximum Gasteiger partial charge on any atom is 0.295 e. The molecule has 1 unspecified atom stereocenters. The number of ketones is 1. The molecule has 3 rings (SSSR count). The number of nitrogens with zero attached hydrogens (tertiary/aromatic N) is 1. The molecular formula is C20H21NO4S. The Morgan fingerprint density at radius 1 is 1.23 bits per heavy atom. The lowest BCUT2D eigenvalue weighted by atomic mass is 9.99. The van der Waals surface area contributed by atoms with Crippen LogP contribution in [0, 0.1) is 0 Å². The van der Waals surface area contributed by atoms with Gasteiger partial charge in [0, 0.05) is 11.4 Å². The van der Waals surface area contributed by atoms with Gasteiger partial charge in [-0.2, -0.15) is 0 Å². The van der Waals surface area contributed by atoms with Crippen LogP contribution in [0.2, 0.25) is 0 Å². The lowest BCUT2D eigenvalue weighted by molar-refractivity contribution is -0.139. The molecule has 2 heterocycles. The average molecular weight is 371 g/mol. The molecule has 1 aliphatic rings. The number of hydrogen-bond acceptors (Lipinski definition) is 5. The highest BCUT2D eigenvalue weighted by Gasteiger charge is 2.46. The second-order valence-corrected chi connectivity index (χ2v) is 7.04. The van der Waals surface area contributed by atoms with Gasteiger partial charge in [-0.1, -0.05) is 31.5 Å². The molecule has 0 saturated carbocycles. The molecule has 0 spiro atoms. The van der Waals surface area contributed by atoms with Gasteiger partial charge in [0.15, 0.2) is 0 Å². The van der Waals surface area contributed by atoms with E-state index in [1.54, 1.807) is 29.2 Å². The number of ether oxygens (including phenoxy) is 1. The Balaban J connectivity index is 2.16. The topological polar surface area (TPSA) is 66.8 Å². The Morgan fingerprint density at radius 2 is 2.00 bits per heavy atom. The number of para-hydroxylation sites is 1. The maximum absolute atomic E-state index is 12.8. The number of benzene rings is 1. The molecule has 1 aromatic heterocycles. The van der Waals surface area contributed by atoms with E-state index in [2.05, 4.69) is 0 Å². The molecule has 136 valence electrons. The van der Waals surface area contributed by atoms with Gasteiger partial charge in [0.2, 0.25) is 0 Å². The Bertz CT molecular complexity index is 841. The first-order valence-corrected chi connectivity index (χ1v) is 9.43. The van der Waals surface area contributed by atoms with Crippen LogP contribution in [0.5, 0.6) is 5.75 Å². The van der Waals surface area contributed by atoms with Gasteiger partial charge < -0.3 is 14.7 Å². The summed E-state index contributed by atoms with van der Waals surface area (Å²) < 4.78 is 5.30. The van der Waals surface area contributed by atoms with Crippen molar-refractivity contribution in [2.45, 2.75) is 25.8 Å². The molecule has 5 nitrogen and oxygen atoms in total. The van der Waals surface area contributed by atoms with Crippen LogP contribution < -0.4 is 4.74 Å². The number of Topliss-reactive ketones (excluding diaryl/α,β-unsaturated/α-hetero) is 1. The van der Waals surface area contributed by atoms with Crippen molar-refractivity contribution in [2.24, 2.45) is 0 Å². The number of carbonyl (C=O) groups excluding carboxylic acids is 2. The largest absolute Gasteiger partial charge is 0.507 e. The normalized spacial score (nSPS) is 19.2. The number of aliphatic hydroxyl groups excluding tert-OH is 1. The molecule has 6 heteroatoms. The van der Waals surface area contributed by atoms with Crippen molar-refractivity contribution in [3.63, 3.8) is 0 Å². The molecule has 1 amide bonds. The van der Waals surface area contributed by atoms with Crippen molar-refractivity contribution in [1.29, 1.82) is 0 Å². The van der Waals surface area contributed by atoms with E-state index < -0.39 is 17.7 Å². The zero-order valence-electron chi connectivity index (χ0n) is 14.8. The van der Waals surface area contributed by atoms with Crippen LogP contribution in [-0.4, -0.2) is 35.4 Å². The first kappa shape index (κ1) is 18.2. The average Bonchev–Trinajstić information content (AvgIpc) is 3.27. The van der Waals surface area contributed by atoms with Gasteiger partial charge in [-0.15, -0.1) is 11.3 Å². The molecule has 1 N–H and O–H groups in total. The highest BCUT2D eigenvalue weighted by Crippen LogP contribution is 2.42. The molecular weight excluding hydrogens is 350 g/mol. The van der Waals surface area contributed by atoms with E-state index in [0.717, 1.165) is 17.7 Å². The van der Waals surface area contributed by atoms with Crippen LogP contribution in [0.4, 0.5) is 0 Å². The Morgan fingerprint density at radius 3 is 2.65 bits per heavy atom. The Hall–Kier alpha value is -2.60. The van der Waals surface area contributed by atoms with Gasteiger partial charge in [-0.05, 0) is 30.0 Å². The van der Waals surface area contributed by atoms with E-state index in [4.69, 9.17) is 4.74 Å². The maximum atomic E-state index is 12.8. The third-order valence-corrected chi connectivity index (χ3v) is 5.39. The van der Waals surface area contributed by atoms with Gasteiger partial charge in [-0.25, -0.2) is 0 Å². The Kier molecular flexibility index (Phi) is 5.42. The van der Waals surface area contributed by atoms with Crippen molar-refractivity contribution in [3.8, 4) is 5.75 Å². The quantitative estimate of drug-likeness (QED) is 0.474. The molecule has 0 aliphatic carbocycles. The molecule has 0 radical (unpaired) electrons. The van der Waals surface area contributed by atoms with Gasteiger partial charge in [0.25, 0.3) is 11.7 Å². The monoisotopic (exact) mass is 371 g/mol. The van der Waals surface area contributed by atoms with E-state index in [0.29, 0.717) is 17.9 Å². The number of likely N-dealkylation sites (tertiary alicyclic amines) is 1. The van der Waals surface area contributed by atoms with Gasteiger partial charge >= 0.3 is 0 Å². The molecule has 2 aromatic rings. The zero-order chi connectivity index (χ0) is 18.7. The summed E-state index contributed by atoms with van der Waals surface area (Å²) in [7, 11) is 1.50. The molecule has 26 heavy (non-hydrogen) atoms. The fraction of sp³-hybridized carbons (Fsp3) is 0.300. The summed E-state index contributed by atoms with van der Waals surface area (Å²) in [4.78, 5) is 27.8. The number of carbonyl (C=O) groups is 2. The molecule has 1 atom stereocenters. The Labute approximate surface area is 156 Å². The summed E-state index contributed by atoms with van der Waals surface area (Å²) in [5, 5.41) is 12.8. The van der Waals surface area contributed by atoms with Crippen molar-refractivity contribution in [1.82, 2.24) is 4.90 Å². The van der Waals surface area contributed by atoms with Crippen LogP contribution in [0.25, 0.3) is 5.76 Å². The molecule has 1 fully saturated rings. The van der Waals surface area contributed by atoms with Crippen LogP contribution in [0.3, 0.4) is 0 Å². The van der Waals surface area contributed by atoms with E-state index >= 15 is 0 Å². The van der Waals surface area contributed by atoms with Gasteiger partial charge in [0.1, 0.15) is 11.5 Å². The smallest absolute Gasteiger partial charge is 0.295 e. The summed E-state index contributed by atoms with van der Waals surface area (Å²) in [6.45, 7) is 2.51. The third kappa shape index (κ3) is 3.12. The summed E-state index contributed by atoms with van der Waals surface area (Å²) in [5.41, 5.74) is 0.531. The summed E-state index contributed by atoms with van der Waals surface area (Å²) in [5.74, 6) is -0.955. The lowest BCUT2D eigenvalue weighted by Crippen LogP contribution is -2.30. The summed E-state index contributed by atoms with van der Waals surface area (Å²) in [6, 6.07) is 10.1. The predicted molar refractivity (Wildman–Crippen MR) is 101 cm³/mol. The van der Waals surface area contributed by atoms with Crippen molar-refractivity contribution in [3.05, 3.63) is 57.8 Å². The second kappa shape index (κ2) is 7.74. The van der Waals surface area contributed by atoms with E-state index in [1.807, 2.05) is 24.4 Å². The number of thiophene rings is 1. The molecule has 1 aromatic carbocycles. The number of aliphatic hydroxyl groups is 1. The number of amides is 1. The molecule has 0 bridgehead atoms. The number of rotatable bonds is 6. The minimum Gasteiger partial charge on any atom is -0.507 e. The predicted octanol–water partition coefficient (Wildman–Crippen LogP) is 3.98. The lowest BCUT2D eigenvalue weighted by Gasteiger charge is -2.24. The number of hydrogen-bond donors (Lipinski definition) is 1. The number of unbranched alkanes of at least 4 members (excludes halogenated alkanes) is 1.